The molecule has 0 radical (unpaired) electrons. The normalized spacial score (nSPS) is 10.6. The molecule has 0 aliphatic carbocycles. The molecular formula is C54H53N2OZr+. The summed E-state index contributed by atoms with van der Waals surface area (Å²) < 4.78 is 0. The van der Waals surface area contributed by atoms with Crippen LogP contribution in [-0.4, -0.2) is 23.1 Å². The van der Waals surface area contributed by atoms with Crippen LogP contribution in [0.1, 0.15) is 44.5 Å². The molecule has 288 valence electrons. The van der Waals surface area contributed by atoms with Crippen LogP contribution in [0, 0.1) is 41.5 Å². The van der Waals surface area contributed by atoms with Crippen molar-refractivity contribution in [2.24, 2.45) is 0 Å². The Bertz CT molecular complexity index is 2400. The van der Waals surface area contributed by atoms with Crippen LogP contribution in [0.2, 0.25) is 0 Å². The van der Waals surface area contributed by atoms with Crippen molar-refractivity contribution in [3.05, 3.63) is 234 Å². The zero-order valence-electron chi connectivity index (χ0n) is 34.3. The Morgan fingerprint density at radius 3 is 1.50 bits per heavy atom. The van der Waals surface area contributed by atoms with Crippen molar-refractivity contribution < 1.29 is 31.3 Å². The molecule has 0 aromatic heterocycles. The van der Waals surface area contributed by atoms with Crippen LogP contribution in [0.5, 0.6) is 5.75 Å². The van der Waals surface area contributed by atoms with Crippen LogP contribution in [0.3, 0.4) is 0 Å². The number of fused-ring (bicyclic) bond motifs is 2. The molecular weight excluding hydrogens is 784 g/mol. The first-order valence-electron chi connectivity index (χ1n) is 19.6. The SMILES string of the molecule is Cc1cc(C)c([N-]CCN(Cc2ccccc2)Cc2cc(C)cc(-c3c4ccccc4cc4ccccc34)c2O)c(C)c1.[CH2-]c1ccccc1.[CH2-]c1ccccc1.[Zr+4]. The summed E-state index contributed by atoms with van der Waals surface area (Å²) in [5.74, 6) is 0.354. The van der Waals surface area contributed by atoms with E-state index < -0.39 is 0 Å². The van der Waals surface area contributed by atoms with Crippen molar-refractivity contribution in [1.29, 1.82) is 0 Å². The van der Waals surface area contributed by atoms with E-state index in [2.05, 4.69) is 156 Å². The van der Waals surface area contributed by atoms with Crippen molar-refractivity contribution in [1.82, 2.24) is 4.90 Å². The molecule has 8 aromatic carbocycles. The minimum atomic E-state index is 0. The number of rotatable bonds is 9. The number of nitrogens with zero attached hydrogens (tertiary/aromatic N) is 2. The van der Waals surface area contributed by atoms with Crippen LogP contribution in [-0.2, 0) is 39.3 Å². The molecule has 8 aromatic rings. The maximum Gasteiger partial charge on any atom is 4.00 e. The van der Waals surface area contributed by atoms with Crippen molar-refractivity contribution in [2.45, 2.75) is 40.8 Å². The summed E-state index contributed by atoms with van der Waals surface area (Å²) >= 11 is 0. The quantitative estimate of drug-likeness (QED) is 0.116. The van der Waals surface area contributed by atoms with E-state index >= 15 is 0 Å². The molecule has 0 saturated heterocycles. The van der Waals surface area contributed by atoms with E-state index in [1.54, 1.807) is 0 Å². The summed E-state index contributed by atoms with van der Waals surface area (Å²) in [6, 6.07) is 58.2. The van der Waals surface area contributed by atoms with E-state index in [0.717, 1.165) is 62.9 Å². The molecule has 0 atom stereocenters. The van der Waals surface area contributed by atoms with Crippen LogP contribution in [0.15, 0.2) is 170 Å². The molecule has 0 spiro atoms. The number of phenolic OH excluding ortho intramolecular Hbond substituents is 1. The summed E-state index contributed by atoms with van der Waals surface area (Å²) in [7, 11) is 0. The van der Waals surface area contributed by atoms with Gasteiger partial charge in [-0.3, -0.25) is 4.90 Å². The second-order valence-corrected chi connectivity index (χ2v) is 14.8. The van der Waals surface area contributed by atoms with Crippen molar-refractivity contribution in [2.75, 3.05) is 13.1 Å². The van der Waals surface area contributed by atoms with Gasteiger partial charge in [0, 0.05) is 29.8 Å². The van der Waals surface area contributed by atoms with E-state index in [1.165, 1.54) is 33.0 Å². The number of phenols is 1. The van der Waals surface area contributed by atoms with Crippen LogP contribution < -0.4 is 0 Å². The fourth-order valence-corrected chi connectivity index (χ4v) is 7.45. The van der Waals surface area contributed by atoms with Gasteiger partial charge in [0.15, 0.2) is 0 Å². The van der Waals surface area contributed by atoms with Gasteiger partial charge in [-0.1, -0.05) is 126 Å². The Hall–Kier alpha value is -5.54. The monoisotopic (exact) mass is 835 g/mol. The van der Waals surface area contributed by atoms with Gasteiger partial charge in [-0.15, -0.1) is 36.5 Å². The average Bonchev–Trinajstić information content (AvgIpc) is 3.20. The smallest absolute Gasteiger partial charge is 0.683 e. The molecule has 0 amide bonds. The summed E-state index contributed by atoms with van der Waals surface area (Å²) in [5.41, 5.74) is 12.2. The summed E-state index contributed by atoms with van der Waals surface area (Å²) in [6.07, 6.45) is 0. The molecule has 0 fully saturated rings. The molecule has 0 aliphatic rings. The minimum Gasteiger partial charge on any atom is -0.683 e. The number of hydrogen-bond acceptors (Lipinski definition) is 2. The van der Waals surface area contributed by atoms with Gasteiger partial charge >= 0.3 is 26.2 Å². The van der Waals surface area contributed by atoms with E-state index in [9.17, 15) is 5.11 Å². The summed E-state index contributed by atoms with van der Waals surface area (Å²) in [4.78, 5) is 2.40. The second-order valence-electron chi connectivity index (χ2n) is 14.8. The Kier molecular flexibility index (Phi) is 16.0. The Morgan fingerprint density at radius 2 is 1.00 bits per heavy atom. The van der Waals surface area contributed by atoms with Gasteiger partial charge in [0.1, 0.15) is 5.75 Å². The molecule has 0 bridgehead atoms. The third-order valence-corrected chi connectivity index (χ3v) is 10.0. The van der Waals surface area contributed by atoms with Gasteiger partial charge in [-0.2, -0.15) is 49.2 Å². The first-order valence-corrected chi connectivity index (χ1v) is 19.6. The zero-order valence-corrected chi connectivity index (χ0v) is 36.7. The maximum atomic E-state index is 12.0. The fraction of sp³-hybridized carbons (Fsp3) is 0.148. The molecule has 4 heteroatoms. The number of aryl methyl sites for hydroxylation is 4. The van der Waals surface area contributed by atoms with Gasteiger partial charge in [0.25, 0.3) is 0 Å². The van der Waals surface area contributed by atoms with Crippen LogP contribution in [0.25, 0.3) is 38.0 Å². The Morgan fingerprint density at radius 1 is 0.534 bits per heavy atom. The van der Waals surface area contributed by atoms with Crippen LogP contribution >= 0.6 is 0 Å². The fourth-order valence-electron chi connectivity index (χ4n) is 7.45. The van der Waals surface area contributed by atoms with Crippen molar-refractivity contribution in [3.8, 4) is 16.9 Å². The topological polar surface area (TPSA) is 37.6 Å². The van der Waals surface area contributed by atoms with Gasteiger partial charge in [-0.05, 0) is 79.0 Å². The average molecular weight is 837 g/mol. The van der Waals surface area contributed by atoms with Crippen LogP contribution in [0.4, 0.5) is 5.69 Å². The number of hydrogen-bond donors (Lipinski definition) is 1. The summed E-state index contributed by atoms with van der Waals surface area (Å²) in [6.45, 7) is 18.9. The predicted octanol–water partition coefficient (Wildman–Crippen LogP) is 14.0. The molecule has 1 N–H and O–H groups in total. The van der Waals surface area contributed by atoms with Crippen molar-refractivity contribution in [3.63, 3.8) is 0 Å². The third kappa shape index (κ3) is 11.8. The molecule has 0 aliphatic heterocycles. The van der Waals surface area contributed by atoms with E-state index in [0.29, 0.717) is 18.8 Å². The molecule has 3 nitrogen and oxygen atoms in total. The number of aromatic hydroxyl groups is 1. The van der Waals surface area contributed by atoms with Gasteiger partial charge in [0.2, 0.25) is 0 Å². The largest absolute Gasteiger partial charge is 4.00 e. The molecule has 58 heavy (non-hydrogen) atoms. The van der Waals surface area contributed by atoms with E-state index in [1.807, 2.05) is 60.7 Å². The zero-order chi connectivity index (χ0) is 40.1. The van der Waals surface area contributed by atoms with E-state index in [4.69, 9.17) is 5.32 Å². The first-order chi connectivity index (χ1) is 27.7. The minimum absolute atomic E-state index is 0. The standard InChI is InChI=1S/C40H39N2O.2C7H7.Zr/c1-27-20-29(3)39(30(4)21-27)41-18-19-42(25-31-12-6-5-7-13-31)26-34-22-28(2)23-37(40(34)43)38-35-16-10-8-14-32(35)24-33-15-9-11-17-36(33)38;2*1-7-5-3-2-4-6-7;/h5-17,20-24,43H,18-19,25-26H2,1-4H3;2*2-6H,1H2;/q3*-1;+4. The Balaban J connectivity index is 0.000000359. The maximum absolute atomic E-state index is 12.0. The summed E-state index contributed by atoms with van der Waals surface area (Å²) in [5, 5.41) is 21.6. The predicted molar refractivity (Wildman–Crippen MR) is 244 cm³/mol. The molecule has 8 rings (SSSR count). The van der Waals surface area contributed by atoms with E-state index in [-0.39, 0.29) is 26.2 Å². The Labute approximate surface area is 365 Å². The second kappa shape index (κ2) is 21.3. The van der Waals surface area contributed by atoms with Gasteiger partial charge in [-0.25, -0.2) is 0 Å². The molecule has 0 saturated carbocycles. The number of benzene rings is 8. The van der Waals surface area contributed by atoms with Gasteiger partial charge in [0.05, 0.1) is 0 Å². The van der Waals surface area contributed by atoms with Crippen molar-refractivity contribution >= 4 is 27.2 Å². The molecule has 0 unspecified atom stereocenters. The molecule has 0 heterocycles. The van der Waals surface area contributed by atoms with Gasteiger partial charge < -0.3 is 10.4 Å². The first kappa shape index (κ1) is 43.6. The third-order valence-electron chi connectivity index (χ3n) is 10.0.